The average molecular weight is 403 g/mol. The van der Waals surface area contributed by atoms with Crippen LogP contribution in [0.3, 0.4) is 0 Å². The van der Waals surface area contributed by atoms with Gasteiger partial charge in [-0.3, -0.25) is 4.79 Å². The number of anilines is 2. The molecule has 0 saturated carbocycles. The van der Waals surface area contributed by atoms with E-state index in [9.17, 15) is 13.2 Å². The number of sulfone groups is 1. The van der Waals surface area contributed by atoms with E-state index < -0.39 is 9.84 Å². The number of ether oxygens (including phenoxy) is 1. The highest BCUT2D eigenvalue weighted by molar-refractivity contribution is 7.91. The van der Waals surface area contributed by atoms with E-state index in [4.69, 9.17) is 27.9 Å². The van der Waals surface area contributed by atoms with Crippen LogP contribution in [-0.2, 0) is 14.6 Å². The van der Waals surface area contributed by atoms with Crippen LogP contribution in [0.2, 0.25) is 10.0 Å². The van der Waals surface area contributed by atoms with Gasteiger partial charge in [0, 0.05) is 17.0 Å². The Labute approximate surface area is 156 Å². The van der Waals surface area contributed by atoms with Crippen molar-refractivity contribution in [2.45, 2.75) is 4.90 Å². The molecule has 25 heavy (non-hydrogen) atoms. The molecule has 0 bridgehead atoms. The predicted molar refractivity (Wildman–Crippen MR) is 99.7 cm³/mol. The van der Waals surface area contributed by atoms with Crippen LogP contribution in [-0.4, -0.2) is 34.2 Å². The Morgan fingerprint density at radius 2 is 1.76 bits per heavy atom. The second-order valence-electron chi connectivity index (χ2n) is 5.14. The van der Waals surface area contributed by atoms with E-state index in [1.54, 1.807) is 24.3 Å². The zero-order valence-electron chi connectivity index (χ0n) is 13.5. The van der Waals surface area contributed by atoms with Gasteiger partial charge in [0.25, 0.3) is 0 Å². The Kier molecular flexibility index (Phi) is 6.16. The zero-order valence-corrected chi connectivity index (χ0v) is 15.8. The maximum absolute atomic E-state index is 12.0. The molecule has 0 saturated heterocycles. The quantitative estimate of drug-likeness (QED) is 0.772. The van der Waals surface area contributed by atoms with Gasteiger partial charge in [-0.15, -0.1) is 0 Å². The summed E-state index contributed by atoms with van der Waals surface area (Å²) in [6.07, 6.45) is 1.03. The Hall–Kier alpha value is -1.96. The van der Waals surface area contributed by atoms with Gasteiger partial charge in [-0.05, 0) is 36.4 Å². The fourth-order valence-corrected chi connectivity index (χ4v) is 3.87. The summed E-state index contributed by atoms with van der Waals surface area (Å²) < 4.78 is 29.1. The number of halogens is 2. The monoisotopic (exact) mass is 402 g/mol. The molecule has 134 valence electrons. The van der Waals surface area contributed by atoms with Gasteiger partial charge >= 0.3 is 0 Å². The number of methoxy groups -OCH3 is 1. The SMILES string of the molecule is COc1ccc(NCC(=O)Nc2ccc(Cl)cc2)c(S(C)(=O)=O)c1Cl. The molecule has 2 rings (SSSR count). The summed E-state index contributed by atoms with van der Waals surface area (Å²) in [6.45, 7) is -0.145. The van der Waals surface area contributed by atoms with Crippen LogP contribution in [0.4, 0.5) is 11.4 Å². The van der Waals surface area contributed by atoms with Gasteiger partial charge in [-0.25, -0.2) is 8.42 Å². The average Bonchev–Trinajstić information content (AvgIpc) is 2.54. The number of carbonyl (C=O) groups excluding carboxylic acids is 1. The summed E-state index contributed by atoms with van der Waals surface area (Å²) in [6, 6.07) is 9.64. The van der Waals surface area contributed by atoms with Crippen molar-refractivity contribution in [1.82, 2.24) is 0 Å². The van der Waals surface area contributed by atoms with Crippen molar-refractivity contribution >= 4 is 50.3 Å². The zero-order chi connectivity index (χ0) is 18.6. The summed E-state index contributed by atoms with van der Waals surface area (Å²) in [4.78, 5) is 11.9. The highest BCUT2D eigenvalue weighted by Gasteiger charge is 2.21. The maximum atomic E-state index is 12.0. The first-order chi connectivity index (χ1) is 11.7. The molecule has 2 N–H and O–H groups in total. The van der Waals surface area contributed by atoms with Crippen LogP contribution in [0, 0.1) is 0 Å². The van der Waals surface area contributed by atoms with Crippen LogP contribution >= 0.6 is 23.2 Å². The number of amides is 1. The molecule has 0 aliphatic heterocycles. The third-order valence-electron chi connectivity index (χ3n) is 3.22. The number of hydrogen-bond acceptors (Lipinski definition) is 5. The lowest BCUT2D eigenvalue weighted by atomic mass is 10.3. The summed E-state index contributed by atoms with van der Waals surface area (Å²) in [7, 11) is -2.24. The van der Waals surface area contributed by atoms with E-state index in [1.807, 2.05) is 0 Å². The Bertz CT molecular complexity index is 884. The minimum Gasteiger partial charge on any atom is -0.495 e. The smallest absolute Gasteiger partial charge is 0.243 e. The molecule has 2 aromatic rings. The fraction of sp³-hybridized carbons (Fsp3) is 0.188. The molecule has 0 spiro atoms. The summed E-state index contributed by atoms with van der Waals surface area (Å²) in [5, 5.41) is 5.98. The van der Waals surface area contributed by atoms with Crippen LogP contribution in [0.25, 0.3) is 0 Å². The van der Waals surface area contributed by atoms with Gasteiger partial charge in [0.2, 0.25) is 5.91 Å². The van der Waals surface area contributed by atoms with Gasteiger partial charge in [0.1, 0.15) is 15.7 Å². The molecule has 6 nitrogen and oxygen atoms in total. The van der Waals surface area contributed by atoms with Crippen molar-refractivity contribution in [3.05, 3.63) is 46.4 Å². The molecular formula is C16H16Cl2N2O4S. The van der Waals surface area contributed by atoms with Crippen molar-refractivity contribution < 1.29 is 17.9 Å². The van der Waals surface area contributed by atoms with Crippen LogP contribution in [0.15, 0.2) is 41.3 Å². The standard InChI is InChI=1S/C16H16Cl2N2O4S/c1-24-13-8-7-12(16(15(13)18)25(2,22)23)19-9-14(21)20-11-5-3-10(17)4-6-11/h3-8,19H,9H2,1-2H3,(H,20,21). The summed E-state index contributed by atoms with van der Waals surface area (Å²) >= 11 is 11.9. The van der Waals surface area contributed by atoms with Gasteiger partial charge in [-0.1, -0.05) is 23.2 Å². The van der Waals surface area contributed by atoms with Gasteiger partial charge in [0.05, 0.1) is 19.3 Å². The van der Waals surface area contributed by atoms with E-state index in [0.29, 0.717) is 10.7 Å². The molecule has 0 radical (unpaired) electrons. The second-order valence-corrected chi connectivity index (χ2v) is 7.91. The molecule has 0 aromatic heterocycles. The molecule has 0 fully saturated rings. The lowest BCUT2D eigenvalue weighted by Gasteiger charge is -2.14. The molecule has 0 aliphatic carbocycles. The van der Waals surface area contributed by atoms with Crippen molar-refractivity contribution in [2.24, 2.45) is 0 Å². The van der Waals surface area contributed by atoms with Crippen molar-refractivity contribution in [2.75, 3.05) is 30.5 Å². The highest BCUT2D eigenvalue weighted by atomic mass is 35.5. The first-order valence-corrected chi connectivity index (χ1v) is 9.73. The Balaban J connectivity index is 2.16. The molecule has 0 aliphatic rings. The fourth-order valence-electron chi connectivity index (χ4n) is 2.11. The first-order valence-electron chi connectivity index (χ1n) is 7.08. The Morgan fingerprint density at radius 1 is 1.12 bits per heavy atom. The maximum Gasteiger partial charge on any atom is 0.243 e. The van der Waals surface area contributed by atoms with E-state index in [1.165, 1.54) is 19.2 Å². The summed E-state index contributed by atoms with van der Waals surface area (Å²) in [5.41, 5.74) is 0.798. The van der Waals surface area contributed by atoms with Gasteiger partial charge < -0.3 is 15.4 Å². The van der Waals surface area contributed by atoms with Crippen LogP contribution < -0.4 is 15.4 Å². The van der Waals surface area contributed by atoms with E-state index in [2.05, 4.69) is 10.6 Å². The first kappa shape index (κ1) is 19.4. The minimum atomic E-state index is -3.63. The highest BCUT2D eigenvalue weighted by Crippen LogP contribution is 2.36. The second kappa shape index (κ2) is 7.95. The lowest BCUT2D eigenvalue weighted by Crippen LogP contribution is -2.22. The van der Waals surface area contributed by atoms with Crippen molar-refractivity contribution in [3.8, 4) is 5.75 Å². The van der Waals surface area contributed by atoms with Crippen LogP contribution in [0.5, 0.6) is 5.75 Å². The summed E-state index contributed by atoms with van der Waals surface area (Å²) in [5.74, 6) is -0.119. The van der Waals surface area contributed by atoms with E-state index in [-0.39, 0.29) is 33.8 Å². The number of rotatable bonds is 6. The molecule has 1 amide bonds. The normalized spacial score (nSPS) is 11.0. The number of hydrogen-bond donors (Lipinski definition) is 2. The predicted octanol–water partition coefficient (Wildman–Crippen LogP) is 3.46. The Morgan fingerprint density at radius 3 is 2.32 bits per heavy atom. The lowest BCUT2D eigenvalue weighted by molar-refractivity contribution is -0.114. The number of nitrogens with one attached hydrogen (secondary N) is 2. The minimum absolute atomic E-state index is 0.0342. The molecular weight excluding hydrogens is 387 g/mol. The van der Waals surface area contributed by atoms with Crippen LogP contribution in [0.1, 0.15) is 0 Å². The van der Waals surface area contributed by atoms with E-state index >= 15 is 0 Å². The third kappa shape index (κ3) is 5.01. The molecule has 0 atom stereocenters. The molecule has 0 unspecified atom stereocenters. The van der Waals surface area contributed by atoms with Crippen molar-refractivity contribution in [1.29, 1.82) is 0 Å². The van der Waals surface area contributed by atoms with Gasteiger partial charge in [0.15, 0.2) is 9.84 Å². The van der Waals surface area contributed by atoms with Gasteiger partial charge in [-0.2, -0.15) is 0 Å². The van der Waals surface area contributed by atoms with Crippen molar-refractivity contribution in [3.63, 3.8) is 0 Å². The molecule has 0 heterocycles. The van der Waals surface area contributed by atoms with E-state index in [0.717, 1.165) is 6.26 Å². The molecule has 9 heteroatoms. The third-order valence-corrected chi connectivity index (χ3v) is 5.12. The number of carbonyl (C=O) groups is 1. The number of benzene rings is 2. The largest absolute Gasteiger partial charge is 0.495 e. The topological polar surface area (TPSA) is 84.5 Å². The molecule has 2 aromatic carbocycles.